The van der Waals surface area contributed by atoms with Crippen LogP contribution < -0.4 is 0 Å². The molecule has 0 radical (unpaired) electrons. The highest BCUT2D eigenvalue weighted by Crippen LogP contribution is 2.56. The summed E-state index contributed by atoms with van der Waals surface area (Å²) in [6.45, 7) is 4.25. The maximum Gasteiger partial charge on any atom is 0.411 e. The van der Waals surface area contributed by atoms with Gasteiger partial charge in [-0.15, -0.1) is 0 Å². The Morgan fingerprint density at radius 3 is 1.03 bits per heavy atom. The zero-order valence-corrected chi connectivity index (χ0v) is 18.4. The molecule has 0 aromatic heterocycles. The molecule has 0 fully saturated rings. The average Bonchev–Trinajstić information content (AvgIpc) is 2.72. The fraction of sp³-hybridized carbons (Fsp3) is 0.273. The highest BCUT2D eigenvalue weighted by Gasteiger charge is 2.72. The molecule has 0 heterocycles. The third-order valence-corrected chi connectivity index (χ3v) is 4.68. The van der Waals surface area contributed by atoms with Crippen molar-refractivity contribution in [1.29, 1.82) is 0 Å². The highest BCUT2D eigenvalue weighted by molar-refractivity contribution is 6.02. The van der Waals surface area contributed by atoms with E-state index in [1.54, 1.807) is 0 Å². The van der Waals surface area contributed by atoms with Crippen molar-refractivity contribution in [1.82, 2.24) is 0 Å². The lowest BCUT2D eigenvalue weighted by Crippen LogP contribution is -2.55. The molecule has 0 aliphatic rings. The number of carboxylic acid groups (broad SMARTS) is 4. The van der Waals surface area contributed by atoms with Gasteiger partial charge in [-0.1, -0.05) is 32.4 Å². The summed E-state index contributed by atoms with van der Waals surface area (Å²) < 4.78 is 85.1. The molecule has 8 nitrogen and oxygen atoms in total. The minimum atomic E-state index is -6.27. The van der Waals surface area contributed by atoms with Gasteiger partial charge in [0.15, 0.2) is 0 Å². The van der Waals surface area contributed by atoms with Gasteiger partial charge >= 0.3 is 36.2 Å². The second-order valence-electron chi connectivity index (χ2n) is 7.19. The van der Waals surface area contributed by atoms with Crippen molar-refractivity contribution in [2.75, 3.05) is 0 Å². The Balaban J connectivity index is 0.00000205. The van der Waals surface area contributed by atoms with Gasteiger partial charge in [0, 0.05) is 0 Å². The van der Waals surface area contributed by atoms with Crippen LogP contribution in [0.2, 0.25) is 0 Å². The molecule has 2 rings (SSSR count). The fourth-order valence-electron chi connectivity index (χ4n) is 3.26. The number of halogens is 6. The van der Waals surface area contributed by atoms with Gasteiger partial charge in [-0.05, 0) is 35.4 Å². The molecule has 36 heavy (non-hydrogen) atoms. The molecule has 14 heteroatoms. The van der Waals surface area contributed by atoms with Crippen LogP contribution in [0.3, 0.4) is 0 Å². The number of benzene rings is 2. The van der Waals surface area contributed by atoms with Crippen molar-refractivity contribution in [3.8, 4) is 0 Å². The molecule has 2 aromatic rings. The van der Waals surface area contributed by atoms with E-state index in [4.69, 9.17) is 20.4 Å². The number of alkyl halides is 6. The topological polar surface area (TPSA) is 149 Å². The normalized spacial score (nSPS) is 11.8. The van der Waals surface area contributed by atoms with Crippen LogP contribution in [0, 0.1) is 0 Å². The van der Waals surface area contributed by atoms with Crippen LogP contribution in [-0.4, -0.2) is 56.7 Å². The molecule has 0 amide bonds. The third-order valence-electron chi connectivity index (χ3n) is 4.68. The number of aromatic carboxylic acids is 4. The number of carbonyl (C=O) groups is 4. The van der Waals surface area contributed by atoms with Gasteiger partial charge in [0.05, 0.1) is 22.3 Å². The van der Waals surface area contributed by atoms with Crippen LogP contribution in [0.1, 0.15) is 72.8 Å². The molecular formula is C22H18F6O8. The summed E-state index contributed by atoms with van der Waals surface area (Å²) in [5.74, 6) is -8.16. The summed E-state index contributed by atoms with van der Waals surface area (Å²) in [4.78, 5) is 45.0. The third kappa shape index (κ3) is 5.42. The minimum absolute atomic E-state index is 0.0996. The van der Waals surface area contributed by atoms with E-state index >= 15 is 0 Å². The number of hydrogen-bond acceptors (Lipinski definition) is 4. The molecule has 0 saturated carbocycles. The van der Waals surface area contributed by atoms with Gasteiger partial charge in [-0.25, -0.2) is 19.2 Å². The lowest BCUT2D eigenvalue weighted by molar-refractivity contribution is -0.288. The molecule has 0 bridgehead atoms. The molecule has 196 valence electrons. The molecule has 0 spiro atoms. The Morgan fingerprint density at radius 2 is 0.833 bits per heavy atom. The molecule has 0 saturated heterocycles. The zero-order chi connectivity index (χ0) is 28.2. The van der Waals surface area contributed by atoms with Gasteiger partial charge in [0.25, 0.3) is 0 Å². The monoisotopic (exact) mass is 524 g/mol. The lowest BCUT2D eigenvalue weighted by Gasteiger charge is -2.38. The summed E-state index contributed by atoms with van der Waals surface area (Å²) in [5, 5.41) is 36.2. The van der Waals surface area contributed by atoms with E-state index in [1.807, 2.05) is 0 Å². The maximum absolute atomic E-state index is 14.2. The smallest absolute Gasteiger partial charge is 0.411 e. The Labute approximate surface area is 198 Å². The van der Waals surface area contributed by atoms with Gasteiger partial charge in [-0.3, -0.25) is 0 Å². The summed E-state index contributed by atoms with van der Waals surface area (Å²) in [6.07, 6.45) is -11.3. The zero-order valence-electron chi connectivity index (χ0n) is 18.4. The van der Waals surface area contributed by atoms with Gasteiger partial charge in [0.2, 0.25) is 5.41 Å². The van der Waals surface area contributed by atoms with Crippen LogP contribution in [0.15, 0.2) is 36.4 Å². The van der Waals surface area contributed by atoms with E-state index in [0.29, 0.717) is 0 Å². The first kappa shape index (κ1) is 29.9. The number of rotatable bonds is 6. The Bertz CT molecular complexity index is 1090. The van der Waals surface area contributed by atoms with Crippen molar-refractivity contribution in [3.63, 3.8) is 0 Å². The summed E-state index contributed by atoms with van der Waals surface area (Å²) in [7, 11) is 0. The highest BCUT2D eigenvalue weighted by atomic mass is 19.4. The Hall–Kier alpha value is -4.10. The first-order valence-electron chi connectivity index (χ1n) is 9.74. The number of carboxylic acids is 4. The second-order valence-corrected chi connectivity index (χ2v) is 7.19. The first-order valence-corrected chi connectivity index (χ1v) is 9.74. The van der Waals surface area contributed by atoms with Crippen LogP contribution in [-0.2, 0) is 5.41 Å². The largest absolute Gasteiger partial charge is 0.478 e. The van der Waals surface area contributed by atoms with Crippen molar-refractivity contribution in [2.45, 2.75) is 38.0 Å². The number of hydrogen-bond donors (Lipinski definition) is 4. The van der Waals surface area contributed by atoms with Crippen molar-refractivity contribution >= 4 is 23.9 Å². The lowest BCUT2D eigenvalue weighted by atomic mass is 9.71. The SMILES string of the molecule is CCC.O=C(O)c1ccc(C(c2ccc(C(=O)O)c(C(=O)O)c2)(C(F)(F)F)C(F)(F)F)cc1C(=O)O. The van der Waals surface area contributed by atoms with Crippen LogP contribution in [0.5, 0.6) is 0 Å². The molecule has 4 N–H and O–H groups in total. The van der Waals surface area contributed by atoms with Gasteiger partial charge in [0.1, 0.15) is 0 Å². The fourth-order valence-corrected chi connectivity index (χ4v) is 3.26. The van der Waals surface area contributed by atoms with Gasteiger partial charge < -0.3 is 20.4 Å². The van der Waals surface area contributed by atoms with E-state index in [0.717, 1.165) is 0 Å². The minimum Gasteiger partial charge on any atom is -0.478 e. The summed E-state index contributed by atoms with van der Waals surface area (Å²) in [6, 6.07) is 0.412. The van der Waals surface area contributed by atoms with E-state index in [9.17, 15) is 45.5 Å². The summed E-state index contributed by atoms with van der Waals surface area (Å²) in [5.41, 5.74) is -13.6. The second kappa shape index (κ2) is 10.7. The molecule has 0 unspecified atom stereocenters. The van der Waals surface area contributed by atoms with E-state index in [-0.39, 0.29) is 36.4 Å². The molecule has 0 aliphatic carbocycles. The van der Waals surface area contributed by atoms with E-state index in [2.05, 4.69) is 13.8 Å². The Morgan fingerprint density at radius 1 is 0.583 bits per heavy atom. The Kier molecular flexibility index (Phi) is 8.87. The summed E-state index contributed by atoms with van der Waals surface area (Å²) >= 11 is 0. The van der Waals surface area contributed by atoms with Crippen LogP contribution >= 0.6 is 0 Å². The van der Waals surface area contributed by atoms with Gasteiger partial charge in [-0.2, -0.15) is 26.3 Å². The molecule has 0 aliphatic heterocycles. The van der Waals surface area contributed by atoms with Crippen molar-refractivity contribution < 1.29 is 65.9 Å². The average molecular weight is 524 g/mol. The molecule has 0 atom stereocenters. The van der Waals surface area contributed by atoms with E-state index in [1.165, 1.54) is 6.42 Å². The predicted molar refractivity (Wildman–Crippen MR) is 110 cm³/mol. The molecule has 2 aromatic carbocycles. The van der Waals surface area contributed by atoms with Crippen LogP contribution in [0.4, 0.5) is 26.3 Å². The first-order chi connectivity index (χ1) is 16.4. The van der Waals surface area contributed by atoms with E-state index < -0.39 is 75.0 Å². The van der Waals surface area contributed by atoms with Crippen molar-refractivity contribution in [3.05, 3.63) is 69.8 Å². The van der Waals surface area contributed by atoms with Crippen LogP contribution in [0.25, 0.3) is 0 Å². The molecular weight excluding hydrogens is 506 g/mol. The maximum atomic E-state index is 14.2. The standard InChI is InChI=1S/C19H10F6O8.C3H8/c20-18(21,22)17(19(23,24)25,7-1-3-9(13(26)27)11(5-7)15(30)31)8-2-4-10(14(28)29)12(6-8)16(32)33;1-3-2/h1-6H,(H,26,27)(H,28,29)(H,30,31)(H,32,33);3H2,1-2H3. The predicted octanol–water partition coefficient (Wildman–Crippen LogP) is 5.31. The van der Waals surface area contributed by atoms with Crippen molar-refractivity contribution in [2.24, 2.45) is 0 Å². The quantitative estimate of drug-likeness (QED) is 0.372.